The van der Waals surface area contributed by atoms with Gasteiger partial charge < -0.3 is 10.2 Å². The van der Waals surface area contributed by atoms with Gasteiger partial charge in [-0.3, -0.25) is 4.79 Å². The average molecular weight is 390 g/mol. The lowest BCUT2D eigenvalue weighted by Gasteiger charge is -2.31. The Kier molecular flexibility index (Phi) is 5.51. The zero-order chi connectivity index (χ0) is 20.2. The van der Waals surface area contributed by atoms with Crippen LogP contribution in [-0.4, -0.2) is 29.2 Å². The number of nitrogens with zero attached hydrogens (tertiary/aromatic N) is 3. The number of hydrogen-bond donors (Lipinski definition) is 1. The highest BCUT2D eigenvalue weighted by molar-refractivity contribution is 5.92. The number of benzene rings is 2. The molecule has 0 unspecified atom stereocenters. The fourth-order valence-corrected chi connectivity index (χ4v) is 3.55. The molecule has 6 heteroatoms. The van der Waals surface area contributed by atoms with E-state index >= 15 is 0 Å². The third kappa shape index (κ3) is 4.59. The van der Waals surface area contributed by atoms with Gasteiger partial charge in [0.05, 0.1) is 5.69 Å². The molecule has 1 aliphatic heterocycles. The lowest BCUT2D eigenvalue weighted by atomic mass is 9.95. The van der Waals surface area contributed by atoms with Crippen LogP contribution in [0.1, 0.15) is 18.4 Å². The first-order valence-electron chi connectivity index (χ1n) is 9.80. The predicted octanol–water partition coefficient (Wildman–Crippen LogP) is 4.45. The van der Waals surface area contributed by atoms with Crippen molar-refractivity contribution in [3.8, 4) is 11.3 Å². The number of rotatable bonds is 4. The van der Waals surface area contributed by atoms with Gasteiger partial charge in [0.15, 0.2) is 5.82 Å². The molecule has 0 spiro atoms. The Bertz CT molecular complexity index is 981. The minimum absolute atomic E-state index is 0.0592. The number of aryl methyl sites for hydroxylation is 1. The van der Waals surface area contributed by atoms with Crippen LogP contribution in [0.5, 0.6) is 0 Å². The Hall–Kier alpha value is -3.28. The Morgan fingerprint density at radius 2 is 1.79 bits per heavy atom. The van der Waals surface area contributed by atoms with Crippen molar-refractivity contribution in [2.75, 3.05) is 23.3 Å². The van der Waals surface area contributed by atoms with Crippen LogP contribution in [-0.2, 0) is 4.79 Å². The molecule has 2 heterocycles. The van der Waals surface area contributed by atoms with E-state index in [-0.39, 0.29) is 17.6 Å². The molecule has 0 bridgehead atoms. The van der Waals surface area contributed by atoms with Crippen molar-refractivity contribution in [2.24, 2.45) is 5.92 Å². The molecule has 0 saturated carbocycles. The normalized spacial score (nSPS) is 14.6. The zero-order valence-corrected chi connectivity index (χ0v) is 16.3. The first kappa shape index (κ1) is 19.1. The highest BCUT2D eigenvalue weighted by Gasteiger charge is 2.26. The van der Waals surface area contributed by atoms with Crippen molar-refractivity contribution in [3.05, 3.63) is 72.0 Å². The molecule has 0 atom stereocenters. The molecule has 1 aromatic heterocycles. The number of piperidine rings is 1. The average Bonchev–Trinajstić information content (AvgIpc) is 2.75. The van der Waals surface area contributed by atoms with Crippen LogP contribution in [0.4, 0.5) is 15.9 Å². The van der Waals surface area contributed by atoms with Crippen LogP contribution >= 0.6 is 0 Å². The van der Waals surface area contributed by atoms with E-state index in [0.29, 0.717) is 5.69 Å². The van der Waals surface area contributed by atoms with Crippen molar-refractivity contribution in [1.29, 1.82) is 0 Å². The van der Waals surface area contributed by atoms with Gasteiger partial charge in [0, 0.05) is 30.3 Å². The topological polar surface area (TPSA) is 58.1 Å². The van der Waals surface area contributed by atoms with Crippen molar-refractivity contribution < 1.29 is 9.18 Å². The van der Waals surface area contributed by atoms with Crippen LogP contribution < -0.4 is 10.2 Å². The lowest BCUT2D eigenvalue weighted by molar-refractivity contribution is -0.120. The van der Waals surface area contributed by atoms with Gasteiger partial charge >= 0.3 is 0 Å². The summed E-state index contributed by atoms with van der Waals surface area (Å²) in [4.78, 5) is 14.6. The number of carbonyl (C=O) groups excluding carboxylic acids is 1. The molecule has 4 rings (SSSR count). The van der Waals surface area contributed by atoms with Gasteiger partial charge in [0.2, 0.25) is 5.91 Å². The molecule has 5 nitrogen and oxygen atoms in total. The molecule has 148 valence electrons. The van der Waals surface area contributed by atoms with Crippen LogP contribution in [0, 0.1) is 18.7 Å². The standard InChI is InChI=1S/C23H23FN4O/c1-16-5-7-17(8-6-16)21-9-10-22(27-26-21)28-13-11-18(12-14-28)23(29)25-20-4-2-3-19(24)15-20/h2-10,15,18H,11-14H2,1H3,(H,25,29). The molecular weight excluding hydrogens is 367 g/mol. The summed E-state index contributed by atoms with van der Waals surface area (Å²) in [5.41, 5.74) is 3.60. The Morgan fingerprint density at radius 3 is 2.45 bits per heavy atom. The number of amides is 1. The third-order valence-electron chi connectivity index (χ3n) is 5.28. The maximum absolute atomic E-state index is 13.3. The number of halogens is 1. The second-order valence-corrected chi connectivity index (χ2v) is 7.40. The van der Waals surface area contributed by atoms with Crippen LogP contribution in [0.15, 0.2) is 60.7 Å². The van der Waals surface area contributed by atoms with Gasteiger partial charge in [-0.25, -0.2) is 4.39 Å². The van der Waals surface area contributed by atoms with Crippen LogP contribution in [0.25, 0.3) is 11.3 Å². The maximum Gasteiger partial charge on any atom is 0.227 e. The largest absolute Gasteiger partial charge is 0.355 e. The summed E-state index contributed by atoms with van der Waals surface area (Å²) >= 11 is 0. The molecule has 1 fully saturated rings. The number of carbonyl (C=O) groups is 1. The summed E-state index contributed by atoms with van der Waals surface area (Å²) in [6, 6.07) is 18.1. The fraction of sp³-hybridized carbons (Fsp3) is 0.261. The first-order chi connectivity index (χ1) is 14.1. The van der Waals surface area contributed by atoms with Gasteiger partial charge in [0.25, 0.3) is 0 Å². The van der Waals surface area contributed by atoms with Crippen LogP contribution in [0.2, 0.25) is 0 Å². The van der Waals surface area contributed by atoms with E-state index in [1.807, 2.05) is 24.3 Å². The van der Waals surface area contributed by atoms with E-state index in [2.05, 4.69) is 39.5 Å². The molecule has 1 saturated heterocycles. The lowest BCUT2D eigenvalue weighted by Crippen LogP contribution is -2.38. The fourth-order valence-electron chi connectivity index (χ4n) is 3.55. The minimum Gasteiger partial charge on any atom is -0.355 e. The predicted molar refractivity (Wildman–Crippen MR) is 112 cm³/mol. The van der Waals surface area contributed by atoms with Crippen molar-refractivity contribution in [3.63, 3.8) is 0 Å². The summed E-state index contributed by atoms with van der Waals surface area (Å²) in [5.74, 6) is 0.320. The monoisotopic (exact) mass is 390 g/mol. The zero-order valence-electron chi connectivity index (χ0n) is 16.3. The first-order valence-corrected chi connectivity index (χ1v) is 9.80. The van der Waals surface area contributed by atoms with E-state index < -0.39 is 0 Å². The summed E-state index contributed by atoms with van der Waals surface area (Å²) in [7, 11) is 0. The van der Waals surface area contributed by atoms with E-state index in [1.165, 1.54) is 17.7 Å². The maximum atomic E-state index is 13.3. The van der Waals surface area contributed by atoms with Gasteiger partial charge in [0.1, 0.15) is 5.82 Å². The van der Waals surface area contributed by atoms with Gasteiger partial charge in [-0.15, -0.1) is 10.2 Å². The van der Waals surface area contributed by atoms with E-state index in [1.54, 1.807) is 12.1 Å². The number of hydrogen-bond acceptors (Lipinski definition) is 4. The van der Waals surface area contributed by atoms with Crippen molar-refractivity contribution >= 4 is 17.4 Å². The van der Waals surface area contributed by atoms with Crippen molar-refractivity contribution in [1.82, 2.24) is 10.2 Å². The van der Waals surface area contributed by atoms with E-state index in [4.69, 9.17) is 0 Å². The molecule has 1 amide bonds. The summed E-state index contributed by atoms with van der Waals surface area (Å²) in [5, 5.41) is 11.6. The molecule has 0 aliphatic carbocycles. The smallest absolute Gasteiger partial charge is 0.227 e. The van der Waals surface area contributed by atoms with E-state index in [0.717, 1.165) is 43.0 Å². The summed E-state index contributed by atoms with van der Waals surface area (Å²) in [6.07, 6.45) is 1.45. The molecule has 1 aliphatic rings. The number of nitrogens with one attached hydrogen (secondary N) is 1. The molecule has 2 aromatic carbocycles. The highest BCUT2D eigenvalue weighted by Crippen LogP contribution is 2.24. The molecular formula is C23H23FN4O. The van der Waals surface area contributed by atoms with Crippen molar-refractivity contribution in [2.45, 2.75) is 19.8 Å². The second kappa shape index (κ2) is 8.39. The quantitative estimate of drug-likeness (QED) is 0.715. The molecule has 0 radical (unpaired) electrons. The Morgan fingerprint density at radius 1 is 1.03 bits per heavy atom. The summed E-state index contributed by atoms with van der Waals surface area (Å²) < 4.78 is 13.3. The third-order valence-corrected chi connectivity index (χ3v) is 5.28. The Balaban J connectivity index is 1.34. The SMILES string of the molecule is Cc1ccc(-c2ccc(N3CCC(C(=O)Nc4cccc(F)c4)CC3)nn2)cc1. The molecule has 3 aromatic rings. The van der Waals surface area contributed by atoms with Crippen LogP contribution in [0.3, 0.4) is 0 Å². The molecule has 29 heavy (non-hydrogen) atoms. The van der Waals surface area contributed by atoms with Gasteiger partial charge in [-0.05, 0) is 50.1 Å². The van der Waals surface area contributed by atoms with Gasteiger partial charge in [-0.1, -0.05) is 35.9 Å². The second-order valence-electron chi connectivity index (χ2n) is 7.40. The van der Waals surface area contributed by atoms with Gasteiger partial charge in [-0.2, -0.15) is 0 Å². The highest BCUT2D eigenvalue weighted by atomic mass is 19.1. The van der Waals surface area contributed by atoms with E-state index in [9.17, 15) is 9.18 Å². The Labute approximate surface area is 169 Å². The number of anilines is 2. The number of aromatic nitrogens is 2. The molecule has 1 N–H and O–H groups in total. The summed E-state index contributed by atoms with van der Waals surface area (Å²) in [6.45, 7) is 3.53. The minimum atomic E-state index is -0.356.